The second-order valence-electron chi connectivity index (χ2n) is 5.88. The third kappa shape index (κ3) is 5.88. The van der Waals surface area contributed by atoms with Crippen LogP contribution in [0.4, 0.5) is 4.79 Å². The molecular formula is C17H26N4O2. The normalized spacial score (nSPS) is 22.0. The monoisotopic (exact) mass is 318 g/mol. The lowest BCUT2D eigenvalue weighted by Crippen LogP contribution is -2.47. The van der Waals surface area contributed by atoms with Gasteiger partial charge in [0.2, 0.25) is 5.88 Å². The van der Waals surface area contributed by atoms with Gasteiger partial charge < -0.3 is 15.4 Å². The molecule has 0 aromatic carbocycles. The van der Waals surface area contributed by atoms with Crippen LogP contribution in [0.25, 0.3) is 0 Å². The zero-order valence-corrected chi connectivity index (χ0v) is 13.7. The molecule has 0 radical (unpaired) electrons. The average molecular weight is 318 g/mol. The van der Waals surface area contributed by atoms with E-state index < -0.39 is 0 Å². The van der Waals surface area contributed by atoms with E-state index in [4.69, 9.17) is 4.74 Å². The van der Waals surface area contributed by atoms with E-state index in [1.54, 1.807) is 18.6 Å². The second kappa shape index (κ2) is 9.12. The number of nitrogens with zero attached hydrogens (tertiary/aromatic N) is 2. The first-order chi connectivity index (χ1) is 11.2. The molecule has 1 aliphatic rings. The fraction of sp³-hybridized carbons (Fsp3) is 0.588. The summed E-state index contributed by atoms with van der Waals surface area (Å²) >= 11 is 0. The van der Waals surface area contributed by atoms with Crippen molar-refractivity contribution >= 4 is 6.03 Å². The number of carbonyl (C=O) groups excluding carboxylic acids is 1. The highest BCUT2D eigenvalue weighted by molar-refractivity contribution is 5.74. The third-order valence-electron chi connectivity index (χ3n) is 4.12. The van der Waals surface area contributed by atoms with Crippen molar-refractivity contribution in [2.75, 3.05) is 0 Å². The van der Waals surface area contributed by atoms with Crippen molar-refractivity contribution in [2.45, 2.75) is 63.6 Å². The smallest absolute Gasteiger partial charge is 0.315 e. The van der Waals surface area contributed by atoms with Crippen molar-refractivity contribution in [2.24, 2.45) is 0 Å². The highest BCUT2D eigenvalue weighted by atomic mass is 16.5. The van der Waals surface area contributed by atoms with Gasteiger partial charge >= 0.3 is 6.03 Å². The van der Waals surface area contributed by atoms with E-state index in [2.05, 4.69) is 34.1 Å². The van der Waals surface area contributed by atoms with E-state index in [-0.39, 0.29) is 24.2 Å². The molecule has 126 valence electrons. The van der Waals surface area contributed by atoms with Gasteiger partial charge in [0.15, 0.2) is 0 Å². The average Bonchev–Trinajstić information content (AvgIpc) is 2.57. The van der Waals surface area contributed by atoms with E-state index in [1.807, 2.05) is 6.08 Å². The third-order valence-corrected chi connectivity index (χ3v) is 4.12. The van der Waals surface area contributed by atoms with Crippen molar-refractivity contribution in [3.05, 3.63) is 31.2 Å². The molecule has 0 saturated heterocycles. The minimum Gasteiger partial charge on any atom is -0.473 e. The molecule has 2 amide bonds. The minimum absolute atomic E-state index is 0.0861. The van der Waals surface area contributed by atoms with Crippen LogP contribution in [0.1, 0.15) is 45.4 Å². The number of hydrogen-bond acceptors (Lipinski definition) is 4. The van der Waals surface area contributed by atoms with E-state index in [9.17, 15) is 4.79 Å². The first kappa shape index (κ1) is 17.2. The Kier molecular flexibility index (Phi) is 6.84. The number of nitrogens with one attached hydrogen (secondary N) is 2. The first-order valence-corrected chi connectivity index (χ1v) is 8.31. The molecule has 6 nitrogen and oxygen atoms in total. The largest absolute Gasteiger partial charge is 0.473 e. The topological polar surface area (TPSA) is 76.1 Å². The van der Waals surface area contributed by atoms with Gasteiger partial charge in [0.1, 0.15) is 6.10 Å². The Morgan fingerprint density at radius 2 is 2.22 bits per heavy atom. The molecule has 2 rings (SSSR count). The molecule has 6 heteroatoms. The van der Waals surface area contributed by atoms with Crippen LogP contribution in [0.2, 0.25) is 0 Å². The Balaban J connectivity index is 1.70. The summed E-state index contributed by atoms with van der Waals surface area (Å²) < 4.78 is 5.81. The summed E-state index contributed by atoms with van der Waals surface area (Å²) in [6.45, 7) is 5.78. The molecule has 1 heterocycles. The summed E-state index contributed by atoms with van der Waals surface area (Å²) in [5.74, 6) is 0.567. The highest BCUT2D eigenvalue weighted by Crippen LogP contribution is 2.22. The predicted molar refractivity (Wildman–Crippen MR) is 89.3 cm³/mol. The maximum atomic E-state index is 12.0. The standard InChI is InChI=1S/C17H26N4O2/c1-3-5-13(4-2)20-17(22)21-14-6-8-15(9-7-14)23-16-12-18-10-11-19-16/h3,10-15H,1,4-9H2,2H3,(H2,20,21,22). The van der Waals surface area contributed by atoms with Gasteiger partial charge in [0, 0.05) is 24.5 Å². The van der Waals surface area contributed by atoms with Crippen molar-refractivity contribution in [1.29, 1.82) is 0 Å². The summed E-state index contributed by atoms with van der Waals surface area (Å²) in [5.41, 5.74) is 0. The van der Waals surface area contributed by atoms with Crippen molar-refractivity contribution in [3.8, 4) is 5.88 Å². The lowest BCUT2D eigenvalue weighted by atomic mass is 9.93. The molecule has 1 unspecified atom stereocenters. The molecule has 1 atom stereocenters. The second-order valence-corrected chi connectivity index (χ2v) is 5.88. The quantitative estimate of drug-likeness (QED) is 0.758. The van der Waals surface area contributed by atoms with Crippen LogP contribution in [-0.4, -0.2) is 34.2 Å². The predicted octanol–water partition coefficient (Wildman–Crippen LogP) is 2.82. The molecule has 0 bridgehead atoms. The minimum atomic E-state index is -0.0861. The zero-order valence-electron chi connectivity index (χ0n) is 13.7. The van der Waals surface area contributed by atoms with Gasteiger partial charge in [-0.1, -0.05) is 13.0 Å². The fourth-order valence-corrected chi connectivity index (χ4v) is 2.78. The molecule has 0 spiro atoms. The molecular weight excluding hydrogens is 292 g/mol. The zero-order chi connectivity index (χ0) is 16.5. The molecule has 23 heavy (non-hydrogen) atoms. The maximum Gasteiger partial charge on any atom is 0.315 e. The van der Waals surface area contributed by atoms with Crippen molar-refractivity contribution in [1.82, 2.24) is 20.6 Å². The highest BCUT2D eigenvalue weighted by Gasteiger charge is 2.24. The Morgan fingerprint density at radius 1 is 1.43 bits per heavy atom. The molecule has 1 fully saturated rings. The number of aromatic nitrogens is 2. The molecule has 1 aliphatic carbocycles. The molecule has 2 N–H and O–H groups in total. The van der Waals surface area contributed by atoms with E-state index >= 15 is 0 Å². The number of urea groups is 1. The fourth-order valence-electron chi connectivity index (χ4n) is 2.78. The molecule has 1 aromatic rings. The number of amides is 2. The van der Waals surface area contributed by atoms with Gasteiger partial charge in [0.05, 0.1) is 6.20 Å². The lowest BCUT2D eigenvalue weighted by molar-refractivity contribution is 0.134. The lowest BCUT2D eigenvalue weighted by Gasteiger charge is -2.29. The van der Waals surface area contributed by atoms with Gasteiger partial charge in [-0.3, -0.25) is 4.98 Å². The SMILES string of the molecule is C=CCC(CC)NC(=O)NC1CCC(Oc2cnccn2)CC1. The molecule has 0 aliphatic heterocycles. The van der Waals surface area contributed by atoms with Crippen LogP contribution < -0.4 is 15.4 Å². The van der Waals surface area contributed by atoms with Crippen LogP contribution in [0.15, 0.2) is 31.2 Å². The van der Waals surface area contributed by atoms with Gasteiger partial charge in [-0.15, -0.1) is 6.58 Å². The van der Waals surface area contributed by atoms with Gasteiger partial charge in [-0.25, -0.2) is 9.78 Å². The first-order valence-electron chi connectivity index (χ1n) is 8.31. The van der Waals surface area contributed by atoms with Crippen molar-refractivity contribution < 1.29 is 9.53 Å². The number of ether oxygens (including phenoxy) is 1. The maximum absolute atomic E-state index is 12.0. The number of rotatable bonds is 7. The summed E-state index contributed by atoms with van der Waals surface area (Å²) in [5, 5.41) is 6.05. The Labute approximate surface area is 137 Å². The van der Waals surface area contributed by atoms with E-state index in [1.165, 1.54) is 0 Å². The van der Waals surface area contributed by atoms with Crippen LogP contribution in [0.3, 0.4) is 0 Å². The van der Waals surface area contributed by atoms with Crippen LogP contribution in [-0.2, 0) is 0 Å². The Hall–Kier alpha value is -2.11. The molecule has 1 saturated carbocycles. The van der Waals surface area contributed by atoms with Crippen LogP contribution in [0.5, 0.6) is 5.88 Å². The Morgan fingerprint density at radius 3 is 2.83 bits per heavy atom. The van der Waals surface area contributed by atoms with E-state index in [0.29, 0.717) is 5.88 Å². The van der Waals surface area contributed by atoms with Crippen LogP contribution >= 0.6 is 0 Å². The number of hydrogen-bond donors (Lipinski definition) is 2. The van der Waals surface area contributed by atoms with Gasteiger partial charge in [-0.05, 0) is 38.5 Å². The summed E-state index contributed by atoms with van der Waals surface area (Å²) in [7, 11) is 0. The summed E-state index contributed by atoms with van der Waals surface area (Å²) in [6, 6.07) is 0.277. The van der Waals surface area contributed by atoms with Gasteiger partial charge in [0.25, 0.3) is 0 Å². The number of carbonyl (C=O) groups is 1. The molecule has 1 aromatic heterocycles. The van der Waals surface area contributed by atoms with Crippen LogP contribution in [0, 0.1) is 0 Å². The van der Waals surface area contributed by atoms with E-state index in [0.717, 1.165) is 38.5 Å². The Bertz CT molecular complexity index is 487. The van der Waals surface area contributed by atoms with Crippen molar-refractivity contribution in [3.63, 3.8) is 0 Å². The van der Waals surface area contributed by atoms with Gasteiger partial charge in [-0.2, -0.15) is 0 Å². The summed E-state index contributed by atoms with van der Waals surface area (Å²) in [6.07, 6.45) is 12.2. The summed E-state index contributed by atoms with van der Waals surface area (Å²) in [4.78, 5) is 20.1.